The van der Waals surface area contributed by atoms with Crippen LogP contribution in [0.5, 0.6) is 0 Å². The zero-order chi connectivity index (χ0) is 34.6. The van der Waals surface area contributed by atoms with Crippen LogP contribution < -0.4 is 0 Å². The summed E-state index contributed by atoms with van der Waals surface area (Å²) in [5, 5.41) is 0. The lowest BCUT2D eigenvalue weighted by atomic mass is 9.91. The second-order valence-corrected chi connectivity index (χ2v) is 13.6. The van der Waals surface area contributed by atoms with Crippen molar-refractivity contribution in [1.29, 1.82) is 0 Å². The predicted molar refractivity (Wildman–Crippen MR) is 209 cm³/mol. The Labute approximate surface area is 298 Å². The number of rotatable bonds is 9. The van der Waals surface area contributed by atoms with E-state index >= 15 is 0 Å². The molecule has 50 heavy (non-hydrogen) atoms. The van der Waals surface area contributed by atoms with Gasteiger partial charge >= 0.3 is 0 Å². The number of nitrogens with zero attached hydrogens (tertiary/aromatic N) is 2. The Kier molecular flexibility index (Phi) is 8.82. The Morgan fingerprint density at radius 1 is 0.500 bits per heavy atom. The number of aryl methyl sites for hydroxylation is 3. The fourth-order valence-corrected chi connectivity index (χ4v) is 7.39. The molecule has 0 aliphatic heterocycles. The second kappa shape index (κ2) is 14.5. The molecule has 0 amide bonds. The SMILES string of the molecule is [2H]C1(c2ccc(-c3ccnc(-c4ccc(-c5ccccc5-c5cc(C)cc(CCc6ccc(-c7ccccn7)cc6)c5)cc4)c3)cc2)CCCC1. The highest BCUT2D eigenvalue weighted by atomic mass is 14.7. The molecule has 2 heteroatoms. The van der Waals surface area contributed by atoms with Crippen LogP contribution in [0.3, 0.4) is 0 Å². The van der Waals surface area contributed by atoms with E-state index in [2.05, 4.69) is 145 Å². The Morgan fingerprint density at radius 2 is 1.12 bits per heavy atom. The van der Waals surface area contributed by atoms with Gasteiger partial charge in [-0.2, -0.15) is 0 Å². The first-order valence-corrected chi connectivity index (χ1v) is 17.9. The summed E-state index contributed by atoms with van der Waals surface area (Å²) in [5.41, 5.74) is 16.5. The monoisotopic (exact) mass is 647 g/mol. The molecule has 5 aromatic carbocycles. The molecule has 0 N–H and O–H groups in total. The van der Waals surface area contributed by atoms with Crippen molar-refractivity contribution >= 4 is 0 Å². The van der Waals surface area contributed by atoms with E-state index in [4.69, 9.17) is 6.35 Å². The Morgan fingerprint density at radius 3 is 1.86 bits per heavy atom. The fraction of sp³-hybridized carbons (Fsp3) is 0.167. The van der Waals surface area contributed by atoms with E-state index in [1.807, 2.05) is 24.5 Å². The summed E-state index contributed by atoms with van der Waals surface area (Å²) in [6.45, 7) is 2.20. The molecular formula is C48H42N2. The van der Waals surface area contributed by atoms with Crippen LogP contribution in [0.4, 0.5) is 0 Å². The van der Waals surface area contributed by atoms with Gasteiger partial charge in [0.05, 0.1) is 11.4 Å². The summed E-state index contributed by atoms with van der Waals surface area (Å²) in [7, 11) is 0. The maximum atomic E-state index is 8.87. The molecule has 2 heterocycles. The minimum Gasteiger partial charge on any atom is -0.256 e. The van der Waals surface area contributed by atoms with Crippen LogP contribution in [0.1, 0.15) is 55.2 Å². The van der Waals surface area contributed by atoms with E-state index in [0.717, 1.165) is 77.7 Å². The van der Waals surface area contributed by atoms with Crippen molar-refractivity contribution in [3.05, 3.63) is 180 Å². The number of pyridine rings is 2. The number of hydrogen-bond acceptors (Lipinski definition) is 2. The topological polar surface area (TPSA) is 25.8 Å². The first-order valence-electron chi connectivity index (χ1n) is 18.4. The van der Waals surface area contributed by atoms with Gasteiger partial charge in [-0.25, -0.2) is 0 Å². The Bertz CT molecular complexity index is 2250. The lowest BCUT2D eigenvalue weighted by Crippen LogP contribution is -1.94. The van der Waals surface area contributed by atoms with Crippen molar-refractivity contribution in [3.8, 4) is 55.9 Å². The Hall–Kier alpha value is -5.60. The van der Waals surface area contributed by atoms with Gasteiger partial charge in [-0.1, -0.05) is 140 Å². The molecule has 1 fully saturated rings. The predicted octanol–water partition coefficient (Wildman–Crippen LogP) is 12.6. The average molecular weight is 648 g/mol. The van der Waals surface area contributed by atoms with Crippen LogP contribution in [0, 0.1) is 6.92 Å². The minimum atomic E-state index is -0.418. The molecule has 0 saturated heterocycles. The van der Waals surface area contributed by atoms with Gasteiger partial charge in [0.15, 0.2) is 0 Å². The van der Waals surface area contributed by atoms with Crippen molar-refractivity contribution in [2.24, 2.45) is 0 Å². The summed E-state index contributed by atoms with van der Waals surface area (Å²) in [4.78, 5) is 9.23. The van der Waals surface area contributed by atoms with Crippen molar-refractivity contribution in [2.75, 3.05) is 0 Å². The molecule has 1 saturated carbocycles. The van der Waals surface area contributed by atoms with E-state index < -0.39 is 5.89 Å². The summed E-state index contributed by atoms with van der Waals surface area (Å²) in [5.74, 6) is -0.418. The van der Waals surface area contributed by atoms with Gasteiger partial charge in [0, 0.05) is 24.9 Å². The summed E-state index contributed by atoms with van der Waals surface area (Å²) in [6.07, 6.45) is 9.94. The highest BCUT2D eigenvalue weighted by molar-refractivity contribution is 5.85. The quantitative estimate of drug-likeness (QED) is 0.156. The maximum absolute atomic E-state index is 8.87. The maximum Gasteiger partial charge on any atom is 0.0708 e. The van der Waals surface area contributed by atoms with Crippen LogP contribution >= 0.6 is 0 Å². The molecule has 0 spiro atoms. The van der Waals surface area contributed by atoms with Crippen molar-refractivity contribution in [1.82, 2.24) is 9.97 Å². The molecule has 0 unspecified atom stereocenters. The summed E-state index contributed by atoms with van der Waals surface area (Å²) in [6, 6.07) is 52.3. The smallest absolute Gasteiger partial charge is 0.0708 e. The molecule has 244 valence electrons. The molecule has 0 bridgehead atoms. The van der Waals surface area contributed by atoms with Crippen LogP contribution in [-0.2, 0) is 12.8 Å². The van der Waals surface area contributed by atoms with E-state index in [0.29, 0.717) is 0 Å². The molecule has 2 nitrogen and oxygen atoms in total. The van der Waals surface area contributed by atoms with E-state index in [1.54, 1.807) is 0 Å². The highest BCUT2D eigenvalue weighted by Crippen LogP contribution is 2.37. The first-order chi connectivity index (χ1) is 25.0. The molecule has 8 rings (SSSR count). The molecule has 1 aliphatic carbocycles. The molecule has 2 aromatic heterocycles. The van der Waals surface area contributed by atoms with E-state index in [1.165, 1.54) is 38.9 Å². The third kappa shape index (κ3) is 7.07. The van der Waals surface area contributed by atoms with Crippen molar-refractivity contribution < 1.29 is 1.37 Å². The summed E-state index contributed by atoms with van der Waals surface area (Å²) < 4.78 is 8.87. The van der Waals surface area contributed by atoms with Gasteiger partial charge in [-0.15, -0.1) is 0 Å². The van der Waals surface area contributed by atoms with E-state index in [-0.39, 0.29) is 0 Å². The van der Waals surface area contributed by atoms with Gasteiger partial charge in [0.1, 0.15) is 0 Å². The second-order valence-electron chi connectivity index (χ2n) is 13.6. The van der Waals surface area contributed by atoms with Crippen LogP contribution in [0.15, 0.2) is 158 Å². The van der Waals surface area contributed by atoms with Crippen molar-refractivity contribution in [2.45, 2.75) is 51.3 Å². The Balaban J connectivity index is 0.996. The van der Waals surface area contributed by atoms with Gasteiger partial charge in [-0.3, -0.25) is 9.97 Å². The fourth-order valence-electron chi connectivity index (χ4n) is 7.39. The largest absolute Gasteiger partial charge is 0.256 e. The molecule has 0 atom stereocenters. The summed E-state index contributed by atoms with van der Waals surface area (Å²) >= 11 is 0. The minimum absolute atomic E-state index is 0.418. The molecular weight excluding hydrogens is 605 g/mol. The molecule has 7 aromatic rings. The van der Waals surface area contributed by atoms with E-state index in [9.17, 15) is 0 Å². The van der Waals surface area contributed by atoms with Crippen LogP contribution in [0.25, 0.3) is 55.9 Å². The zero-order valence-corrected chi connectivity index (χ0v) is 28.6. The standard InChI is InChI=1S/C48H42N2/c1-34-30-36(14-13-35-15-17-41(18-16-35)47-12-6-7-28-49-47)32-44(31-34)46-11-5-4-10-45(46)40-23-25-42(26-24-40)48-33-43(27-29-50-48)39-21-19-38(20-22-39)37-8-2-3-9-37/h4-7,10-12,15-33,37H,2-3,8-9,13-14H2,1H3/i37D. The zero-order valence-electron chi connectivity index (χ0n) is 29.6. The lowest BCUT2D eigenvalue weighted by Gasteiger charge is -2.14. The van der Waals surface area contributed by atoms with Gasteiger partial charge in [0.2, 0.25) is 0 Å². The molecule has 1 aliphatic rings. The number of aromatic nitrogens is 2. The van der Waals surface area contributed by atoms with Gasteiger partial charge < -0.3 is 0 Å². The molecule has 0 radical (unpaired) electrons. The normalized spacial score (nSPS) is 14.0. The number of benzene rings is 5. The van der Waals surface area contributed by atoms with Crippen LogP contribution in [0.2, 0.25) is 0 Å². The van der Waals surface area contributed by atoms with Gasteiger partial charge in [0.25, 0.3) is 0 Å². The first kappa shape index (κ1) is 30.5. The lowest BCUT2D eigenvalue weighted by molar-refractivity contribution is 0.723. The number of hydrogen-bond donors (Lipinski definition) is 0. The third-order valence-electron chi connectivity index (χ3n) is 10.1. The van der Waals surface area contributed by atoms with Gasteiger partial charge in [-0.05, 0) is 113 Å². The average Bonchev–Trinajstić information content (AvgIpc) is 3.65. The third-order valence-corrected chi connectivity index (χ3v) is 10.1. The van der Waals surface area contributed by atoms with Crippen LogP contribution in [-0.4, -0.2) is 9.97 Å². The van der Waals surface area contributed by atoms with Crippen molar-refractivity contribution in [3.63, 3.8) is 0 Å². The highest BCUT2D eigenvalue weighted by Gasteiger charge is 2.17.